The maximum Gasteiger partial charge on any atom is 0.126 e. The molecule has 130 valence electrons. The minimum Gasteiger partial charge on any atom is -0.491 e. The van der Waals surface area contributed by atoms with E-state index in [0.717, 1.165) is 0 Å². The van der Waals surface area contributed by atoms with E-state index in [0.29, 0.717) is 30.5 Å². The summed E-state index contributed by atoms with van der Waals surface area (Å²) in [5, 5.41) is 18.9. The molecule has 0 aromatic heterocycles. The average molecular weight is 367 g/mol. The highest BCUT2D eigenvalue weighted by atomic mass is 35.5. The molecule has 0 saturated carbocycles. The molecule has 1 heterocycles. The Morgan fingerprint density at radius 2 is 1.39 bits per heavy atom. The monoisotopic (exact) mass is 366 g/mol. The van der Waals surface area contributed by atoms with Gasteiger partial charge < -0.3 is 29.2 Å². The zero-order valence-electron chi connectivity index (χ0n) is 12.5. The quantitative estimate of drug-likeness (QED) is 0.455. The van der Waals surface area contributed by atoms with Crippen molar-refractivity contribution in [2.75, 3.05) is 38.2 Å². The fraction of sp³-hybridized carbons (Fsp3) is 0.600. The largest absolute Gasteiger partial charge is 0.491 e. The highest BCUT2D eigenvalue weighted by Gasteiger charge is 2.23. The van der Waals surface area contributed by atoms with Crippen LogP contribution in [0.25, 0.3) is 0 Å². The predicted octanol–water partition coefficient (Wildman–Crippen LogP) is 1.42. The van der Waals surface area contributed by atoms with E-state index in [-0.39, 0.29) is 31.1 Å². The number of ether oxygens (including phenoxy) is 4. The molecule has 1 aliphatic rings. The summed E-state index contributed by atoms with van der Waals surface area (Å²) >= 11 is 11.1. The van der Waals surface area contributed by atoms with Crippen LogP contribution in [-0.4, -0.2) is 66.7 Å². The van der Waals surface area contributed by atoms with E-state index in [1.807, 2.05) is 0 Å². The van der Waals surface area contributed by atoms with Gasteiger partial charge in [0.2, 0.25) is 0 Å². The van der Waals surface area contributed by atoms with Crippen molar-refractivity contribution in [3.63, 3.8) is 0 Å². The molecule has 1 aromatic carbocycles. The van der Waals surface area contributed by atoms with E-state index in [2.05, 4.69) is 0 Å². The number of epoxide rings is 1. The first-order valence-electron chi connectivity index (χ1n) is 7.24. The highest BCUT2D eigenvalue weighted by Crippen LogP contribution is 2.29. The van der Waals surface area contributed by atoms with Crippen LogP contribution in [0.3, 0.4) is 0 Å². The minimum atomic E-state index is -0.761. The molecule has 0 bridgehead atoms. The van der Waals surface area contributed by atoms with Crippen molar-refractivity contribution in [1.82, 2.24) is 0 Å². The molecule has 1 saturated heterocycles. The Bertz CT molecular complexity index is 451. The van der Waals surface area contributed by atoms with Gasteiger partial charge in [0.1, 0.15) is 55.4 Å². The van der Waals surface area contributed by atoms with Crippen molar-refractivity contribution in [2.24, 2.45) is 0 Å². The summed E-state index contributed by atoms with van der Waals surface area (Å²) in [7, 11) is 0. The van der Waals surface area contributed by atoms with Crippen molar-refractivity contribution >= 4 is 23.2 Å². The summed E-state index contributed by atoms with van der Waals surface area (Å²) in [6.07, 6.45) is -1.40. The molecule has 23 heavy (non-hydrogen) atoms. The second kappa shape index (κ2) is 9.39. The van der Waals surface area contributed by atoms with Gasteiger partial charge in [-0.25, -0.2) is 0 Å². The van der Waals surface area contributed by atoms with E-state index in [1.54, 1.807) is 18.2 Å². The number of hydrogen-bond acceptors (Lipinski definition) is 6. The van der Waals surface area contributed by atoms with Gasteiger partial charge in [-0.3, -0.25) is 0 Å². The number of aliphatic hydroxyl groups is 2. The van der Waals surface area contributed by atoms with Crippen molar-refractivity contribution in [3.05, 3.63) is 18.2 Å². The van der Waals surface area contributed by atoms with Crippen LogP contribution in [0.2, 0.25) is 0 Å². The zero-order chi connectivity index (χ0) is 16.7. The van der Waals surface area contributed by atoms with Gasteiger partial charge in [-0.1, -0.05) is 0 Å². The third kappa shape index (κ3) is 7.01. The van der Waals surface area contributed by atoms with Crippen LogP contribution >= 0.6 is 23.2 Å². The second-order valence-corrected chi connectivity index (χ2v) is 5.76. The van der Waals surface area contributed by atoms with Gasteiger partial charge in [-0.05, 0) is 0 Å². The van der Waals surface area contributed by atoms with Gasteiger partial charge in [0.25, 0.3) is 0 Å². The Labute approximate surface area is 144 Å². The topological polar surface area (TPSA) is 80.7 Å². The van der Waals surface area contributed by atoms with Crippen LogP contribution < -0.4 is 14.2 Å². The summed E-state index contributed by atoms with van der Waals surface area (Å²) in [5.41, 5.74) is 0. The summed E-state index contributed by atoms with van der Waals surface area (Å²) in [6.45, 7) is 1.26. The molecule has 0 radical (unpaired) electrons. The van der Waals surface area contributed by atoms with E-state index in [9.17, 15) is 10.2 Å². The molecule has 6 nitrogen and oxygen atoms in total. The van der Waals surface area contributed by atoms with Crippen LogP contribution in [0.5, 0.6) is 17.2 Å². The number of hydrogen-bond donors (Lipinski definition) is 2. The lowest BCUT2D eigenvalue weighted by Crippen LogP contribution is -2.20. The maximum atomic E-state index is 9.47. The lowest BCUT2D eigenvalue weighted by Gasteiger charge is -2.15. The zero-order valence-corrected chi connectivity index (χ0v) is 14.0. The Kier molecular flexibility index (Phi) is 7.52. The first-order chi connectivity index (χ1) is 11.1. The van der Waals surface area contributed by atoms with Crippen LogP contribution in [0, 0.1) is 0 Å². The number of alkyl halides is 2. The van der Waals surface area contributed by atoms with Gasteiger partial charge in [-0.2, -0.15) is 0 Å². The Hall–Kier alpha value is -0.920. The van der Waals surface area contributed by atoms with E-state index in [4.69, 9.17) is 42.1 Å². The molecule has 1 aliphatic heterocycles. The van der Waals surface area contributed by atoms with E-state index >= 15 is 0 Å². The second-order valence-electron chi connectivity index (χ2n) is 5.14. The van der Waals surface area contributed by atoms with Crippen molar-refractivity contribution in [3.8, 4) is 17.2 Å². The molecule has 8 heteroatoms. The third-order valence-corrected chi connectivity index (χ3v) is 3.65. The molecular weight excluding hydrogens is 347 g/mol. The molecule has 0 aliphatic carbocycles. The lowest BCUT2D eigenvalue weighted by molar-refractivity contribution is 0.120. The van der Waals surface area contributed by atoms with Gasteiger partial charge in [-0.15, -0.1) is 23.2 Å². The summed E-state index contributed by atoms with van der Waals surface area (Å²) in [5.74, 6) is 1.66. The fourth-order valence-corrected chi connectivity index (χ4v) is 1.80. The van der Waals surface area contributed by atoms with Crippen LogP contribution in [0.4, 0.5) is 0 Å². The standard InChI is InChI=1S/C15H20Cl2O6/c16-4-10(18)6-20-12-1-13(21-7-11(19)5-17)3-14(2-12)22-8-15-9-23-15/h1-3,10-11,15,18-19H,4-9H2. The normalized spacial score (nSPS) is 19.0. The molecule has 3 atom stereocenters. The number of benzene rings is 1. The average Bonchev–Trinajstić information content (AvgIpc) is 3.40. The van der Waals surface area contributed by atoms with Gasteiger partial charge in [0, 0.05) is 18.2 Å². The van der Waals surface area contributed by atoms with Crippen molar-refractivity contribution < 1.29 is 29.2 Å². The van der Waals surface area contributed by atoms with Gasteiger partial charge >= 0.3 is 0 Å². The molecule has 1 fully saturated rings. The molecule has 2 N–H and O–H groups in total. The Balaban J connectivity index is 1.99. The van der Waals surface area contributed by atoms with E-state index < -0.39 is 12.2 Å². The van der Waals surface area contributed by atoms with Crippen molar-refractivity contribution in [1.29, 1.82) is 0 Å². The van der Waals surface area contributed by atoms with Crippen molar-refractivity contribution in [2.45, 2.75) is 18.3 Å². The molecular formula is C15H20Cl2O6. The molecule has 3 unspecified atom stereocenters. The van der Waals surface area contributed by atoms with Gasteiger partial charge in [0.15, 0.2) is 0 Å². The first kappa shape index (κ1) is 18.4. The highest BCUT2D eigenvalue weighted by molar-refractivity contribution is 6.18. The first-order valence-corrected chi connectivity index (χ1v) is 8.30. The number of halogens is 2. The minimum absolute atomic E-state index is 0.0580. The molecule has 1 aromatic rings. The van der Waals surface area contributed by atoms with Crippen LogP contribution in [0.1, 0.15) is 0 Å². The SMILES string of the molecule is OC(CCl)COc1cc(OCC(O)CCl)cc(OCC2CO2)c1. The third-order valence-electron chi connectivity index (χ3n) is 2.93. The lowest BCUT2D eigenvalue weighted by atomic mass is 10.3. The maximum absolute atomic E-state index is 9.47. The smallest absolute Gasteiger partial charge is 0.126 e. The van der Waals surface area contributed by atoms with Crippen LogP contribution in [0.15, 0.2) is 18.2 Å². The Morgan fingerprint density at radius 1 is 0.957 bits per heavy atom. The molecule has 0 spiro atoms. The number of aliphatic hydroxyl groups excluding tert-OH is 2. The summed E-state index contributed by atoms with van der Waals surface area (Å²) in [6, 6.07) is 5.02. The van der Waals surface area contributed by atoms with Gasteiger partial charge in [0.05, 0.1) is 18.4 Å². The number of rotatable bonds is 11. The van der Waals surface area contributed by atoms with E-state index in [1.165, 1.54) is 0 Å². The Morgan fingerprint density at radius 3 is 1.78 bits per heavy atom. The molecule has 0 amide bonds. The fourth-order valence-electron chi connectivity index (χ4n) is 1.62. The van der Waals surface area contributed by atoms with Crippen LogP contribution in [-0.2, 0) is 4.74 Å². The summed E-state index contributed by atoms with van der Waals surface area (Å²) < 4.78 is 21.7. The molecule has 2 rings (SSSR count). The predicted molar refractivity (Wildman–Crippen MR) is 86.1 cm³/mol. The summed E-state index contributed by atoms with van der Waals surface area (Å²) in [4.78, 5) is 0.